The minimum atomic E-state index is -0.595. The summed E-state index contributed by atoms with van der Waals surface area (Å²) in [5.74, 6) is -0.00626. The van der Waals surface area contributed by atoms with Gasteiger partial charge in [-0.1, -0.05) is 12.1 Å². The Bertz CT molecular complexity index is 1630. The van der Waals surface area contributed by atoms with Gasteiger partial charge in [-0.15, -0.1) is 5.06 Å². The molecule has 2 aromatic carbocycles. The Balaban J connectivity index is 1.29. The van der Waals surface area contributed by atoms with Crippen LogP contribution in [0.3, 0.4) is 0 Å². The molecule has 0 unspecified atom stereocenters. The Labute approximate surface area is 238 Å². The largest absolute Gasteiger partial charge is 0.494 e. The smallest absolute Gasteiger partial charge is 0.333 e. The molecular weight excluding hydrogens is 522 g/mol. The standard InChI is InChI=1S/C32H34N3O6/c1-33(2)22-10-14-25-27(19-22)40-28-20-23(34(3)4)11-15-26(28)32(25)21-8-12-24(13-9-21)39-18-6-5-7-31(38)41-35-29(36)16-17-30(35)37/h8-15,19-20H,5-7,16-18H2,1-4H3/q+1. The van der Waals surface area contributed by atoms with E-state index in [4.69, 9.17) is 14.0 Å². The van der Waals surface area contributed by atoms with Gasteiger partial charge in [-0.3, -0.25) is 9.59 Å². The number of fused-ring (bicyclic) bond motifs is 2. The summed E-state index contributed by atoms with van der Waals surface area (Å²) in [6, 6.07) is 20.5. The maximum atomic E-state index is 12.0. The topological polar surface area (TPSA) is 92.3 Å². The van der Waals surface area contributed by atoms with Crippen molar-refractivity contribution in [2.75, 3.05) is 39.7 Å². The molecule has 5 rings (SSSR count). The van der Waals surface area contributed by atoms with E-state index in [1.165, 1.54) is 0 Å². The predicted octanol–water partition coefficient (Wildman–Crippen LogP) is 4.46. The van der Waals surface area contributed by atoms with Crippen LogP contribution in [0.1, 0.15) is 32.1 Å². The van der Waals surface area contributed by atoms with Gasteiger partial charge in [-0.2, -0.15) is 0 Å². The van der Waals surface area contributed by atoms with Gasteiger partial charge in [0.05, 0.1) is 12.7 Å². The highest BCUT2D eigenvalue weighted by atomic mass is 16.7. The van der Waals surface area contributed by atoms with Crippen molar-refractivity contribution in [3.05, 3.63) is 66.0 Å². The van der Waals surface area contributed by atoms with Gasteiger partial charge in [0.1, 0.15) is 31.2 Å². The first-order chi connectivity index (χ1) is 19.7. The van der Waals surface area contributed by atoms with Crippen LogP contribution in [0, 0.1) is 0 Å². The zero-order chi connectivity index (χ0) is 29.1. The van der Waals surface area contributed by atoms with E-state index in [0.29, 0.717) is 24.5 Å². The van der Waals surface area contributed by atoms with Crippen molar-refractivity contribution in [1.29, 1.82) is 0 Å². The van der Waals surface area contributed by atoms with Gasteiger partial charge in [0, 0.05) is 67.7 Å². The third kappa shape index (κ3) is 6.09. The van der Waals surface area contributed by atoms with Crippen LogP contribution in [0.5, 0.6) is 5.75 Å². The number of amides is 2. The average Bonchev–Trinajstić information content (AvgIpc) is 3.27. The van der Waals surface area contributed by atoms with Crippen LogP contribution in [0.15, 0.2) is 65.1 Å². The van der Waals surface area contributed by atoms with E-state index in [1.807, 2.05) is 52.5 Å². The first-order valence-corrected chi connectivity index (χ1v) is 13.7. The fourth-order valence-corrected chi connectivity index (χ4v) is 4.82. The monoisotopic (exact) mass is 556 g/mol. The molecule has 0 spiro atoms. The molecule has 0 N–H and O–H groups in total. The number of hydrogen-bond acceptors (Lipinski definition) is 7. The lowest BCUT2D eigenvalue weighted by atomic mass is 9.93. The van der Waals surface area contributed by atoms with Crippen molar-refractivity contribution in [3.8, 4) is 28.2 Å². The molecule has 0 radical (unpaired) electrons. The molecule has 2 amide bonds. The second kappa shape index (κ2) is 11.8. The molecule has 1 saturated heterocycles. The quantitative estimate of drug-likeness (QED) is 0.130. The number of nitrogens with zero attached hydrogens (tertiary/aromatic N) is 3. The van der Waals surface area contributed by atoms with E-state index >= 15 is 0 Å². The van der Waals surface area contributed by atoms with E-state index in [-0.39, 0.29) is 19.3 Å². The molecule has 2 aliphatic heterocycles. The number of rotatable bonds is 9. The maximum absolute atomic E-state index is 12.0. The van der Waals surface area contributed by atoms with Crippen molar-refractivity contribution in [2.24, 2.45) is 0 Å². The van der Waals surface area contributed by atoms with Crippen molar-refractivity contribution in [3.63, 3.8) is 0 Å². The average molecular weight is 557 g/mol. The summed E-state index contributed by atoms with van der Waals surface area (Å²) >= 11 is 0. The minimum absolute atomic E-state index is 0.0829. The second-order valence-corrected chi connectivity index (χ2v) is 10.5. The van der Waals surface area contributed by atoms with E-state index < -0.39 is 17.8 Å². The minimum Gasteiger partial charge on any atom is -0.494 e. The van der Waals surface area contributed by atoms with Gasteiger partial charge in [-0.25, -0.2) is 9.37 Å². The molecule has 9 nitrogen and oxygen atoms in total. The Morgan fingerprint density at radius 2 is 1.68 bits per heavy atom. The van der Waals surface area contributed by atoms with Gasteiger partial charge in [0.15, 0.2) is 0 Å². The summed E-state index contributed by atoms with van der Waals surface area (Å²) in [6.07, 6.45) is 1.40. The molecule has 3 aliphatic rings. The number of benzene rings is 3. The Morgan fingerprint density at radius 1 is 0.951 bits per heavy atom. The third-order valence-electron chi connectivity index (χ3n) is 7.11. The SMILES string of the molecule is CN(C)c1ccc2c(-c3ccc(OCCCCC(=O)ON4C(=O)CCC4=O)cc3)c3ccc(=[N+](C)C)cc-3oc2c1. The number of carbonyl (C=O) groups excluding carboxylic acids is 3. The van der Waals surface area contributed by atoms with Gasteiger partial charge >= 0.3 is 5.97 Å². The van der Waals surface area contributed by atoms with E-state index in [9.17, 15) is 14.4 Å². The van der Waals surface area contributed by atoms with Gasteiger partial charge in [0.25, 0.3) is 11.8 Å². The molecule has 0 aromatic heterocycles. The summed E-state index contributed by atoms with van der Waals surface area (Å²) in [7, 11) is 8.04. The fraction of sp³-hybridized carbons (Fsp3) is 0.312. The van der Waals surface area contributed by atoms with Crippen LogP contribution in [0.4, 0.5) is 5.69 Å². The number of ether oxygens (including phenoxy) is 1. The van der Waals surface area contributed by atoms with Crippen LogP contribution in [-0.2, 0) is 19.2 Å². The molecule has 212 valence electrons. The lowest BCUT2D eigenvalue weighted by Crippen LogP contribution is -2.31. The zero-order valence-corrected chi connectivity index (χ0v) is 23.8. The van der Waals surface area contributed by atoms with Gasteiger partial charge in [0.2, 0.25) is 5.36 Å². The number of carbonyl (C=O) groups is 3. The molecule has 1 aliphatic carbocycles. The number of anilines is 1. The van der Waals surface area contributed by atoms with Crippen molar-refractivity contribution in [1.82, 2.24) is 9.64 Å². The van der Waals surface area contributed by atoms with Crippen LogP contribution in [0.2, 0.25) is 0 Å². The highest BCUT2D eigenvalue weighted by Crippen LogP contribution is 2.41. The van der Waals surface area contributed by atoms with E-state index in [1.54, 1.807) is 0 Å². The first-order valence-electron chi connectivity index (χ1n) is 13.7. The molecule has 9 heteroatoms. The summed E-state index contributed by atoms with van der Waals surface area (Å²) in [5, 5.41) is 2.67. The third-order valence-corrected chi connectivity index (χ3v) is 7.11. The van der Waals surface area contributed by atoms with E-state index in [2.05, 4.69) is 45.9 Å². The zero-order valence-electron chi connectivity index (χ0n) is 23.8. The summed E-state index contributed by atoms with van der Waals surface area (Å²) in [6.45, 7) is 0.422. The van der Waals surface area contributed by atoms with Crippen LogP contribution >= 0.6 is 0 Å². The second-order valence-electron chi connectivity index (χ2n) is 10.5. The summed E-state index contributed by atoms with van der Waals surface area (Å²) < 4.78 is 14.4. The lowest BCUT2D eigenvalue weighted by molar-refractivity contribution is -0.197. The molecule has 41 heavy (non-hydrogen) atoms. The molecule has 0 atom stereocenters. The Hall–Kier alpha value is -4.66. The van der Waals surface area contributed by atoms with Gasteiger partial charge < -0.3 is 18.9 Å². The number of unbranched alkanes of at least 4 members (excludes halogenated alkanes) is 1. The molecule has 2 heterocycles. The lowest BCUT2D eigenvalue weighted by Gasteiger charge is -2.18. The highest BCUT2D eigenvalue weighted by Gasteiger charge is 2.32. The molecule has 2 aromatic rings. The van der Waals surface area contributed by atoms with E-state index in [0.717, 1.165) is 50.2 Å². The van der Waals surface area contributed by atoms with Crippen LogP contribution in [-0.4, -0.2) is 57.6 Å². The normalized spacial score (nSPS) is 13.2. The number of hydrogen-bond donors (Lipinski definition) is 0. The Morgan fingerprint density at radius 3 is 2.37 bits per heavy atom. The molecule has 0 bridgehead atoms. The fourth-order valence-electron chi connectivity index (χ4n) is 4.82. The van der Waals surface area contributed by atoms with Crippen molar-refractivity contribution < 1.29 is 28.4 Å². The first kappa shape index (κ1) is 27.9. The maximum Gasteiger partial charge on any atom is 0.333 e. The van der Waals surface area contributed by atoms with Crippen molar-refractivity contribution >= 4 is 34.4 Å². The number of hydroxylamine groups is 2. The molecule has 0 saturated carbocycles. The number of imide groups is 1. The van der Waals surface area contributed by atoms with Gasteiger partial charge in [-0.05, 0) is 48.7 Å². The highest BCUT2D eigenvalue weighted by molar-refractivity contribution is 6.03. The van der Waals surface area contributed by atoms with Crippen LogP contribution in [0.25, 0.3) is 33.4 Å². The predicted molar refractivity (Wildman–Crippen MR) is 156 cm³/mol. The van der Waals surface area contributed by atoms with Crippen molar-refractivity contribution in [2.45, 2.75) is 32.1 Å². The summed E-state index contributed by atoms with van der Waals surface area (Å²) in [4.78, 5) is 42.1. The Kier molecular flexibility index (Phi) is 8.05. The molecule has 1 fully saturated rings. The summed E-state index contributed by atoms with van der Waals surface area (Å²) in [5.41, 5.74) is 5.04. The van der Waals surface area contributed by atoms with Crippen LogP contribution < -0.4 is 19.6 Å². The molecular formula is C32H34N3O6+.